The van der Waals surface area contributed by atoms with E-state index in [9.17, 15) is 9.18 Å². The molecule has 1 N–H and O–H groups in total. The van der Waals surface area contributed by atoms with Gasteiger partial charge in [-0.1, -0.05) is 31.3 Å². The molecule has 166 valence electrons. The lowest BCUT2D eigenvalue weighted by molar-refractivity contribution is 0.0303. The van der Waals surface area contributed by atoms with Crippen molar-refractivity contribution >= 4 is 40.0 Å². The minimum absolute atomic E-state index is 0.112. The van der Waals surface area contributed by atoms with Gasteiger partial charge in [0, 0.05) is 53.5 Å². The number of halogens is 2. The first-order chi connectivity index (χ1) is 15.3. The lowest BCUT2D eigenvalue weighted by Crippen LogP contribution is -2.40. The van der Waals surface area contributed by atoms with E-state index in [0.29, 0.717) is 54.5 Å². The second-order valence-electron chi connectivity index (χ2n) is 7.26. The molecule has 2 aromatic rings. The molecule has 3 heterocycles. The number of amides is 1. The van der Waals surface area contributed by atoms with Crippen molar-refractivity contribution in [1.29, 1.82) is 0 Å². The van der Waals surface area contributed by atoms with Gasteiger partial charge < -0.3 is 15.0 Å². The number of hydrogen-bond acceptors (Lipinski definition) is 5. The van der Waals surface area contributed by atoms with Crippen LogP contribution in [0.4, 0.5) is 15.8 Å². The molecule has 0 unspecified atom stereocenters. The fraction of sp³-hybridized carbons (Fsp3) is 0.208. The molecule has 6 nitrogen and oxygen atoms in total. The summed E-state index contributed by atoms with van der Waals surface area (Å²) in [5, 5.41) is 3.42. The van der Waals surface area contributed by atoms with Crippen LogP contribution in [0.3, 0.4) is 0 Å². The number of morpholine rings is 1. The van der Waals surface area contributed by atoms with Crippen LogP contribution in [0.2, 0.25) is 0 Å². The summed E-state index contributed by atoms with van der Waals surface area (Å²) in [7, 11) is 0. The lowest BCUT2D eigenvalue weighted by Gasteiger charge is -2.27. The quantitative estimate of drug-likeness (QED) is 0.571. The number of hydrogen-bond donors (Lipinski definition) is 1. The Balaban J connectivity index is 2.03. The number of pyridine rings is 2. The van der Waals surface area contributed by atoms with Gasteiger partial charge >= 0.3 is 0 Å². The Morgan fingerprint density at radius 2 is 1.94 bits per heavy atom. The van der Waals surface area contributed by atoms with Crippen LogP contribution in [0, 0.1) is 0 Å². The maximum absolute atomic E-state index is 14.1. The number of rotatable bonds is 7. The zero-order chi connectivity index (χ0) is 23.3. The van der Waals surface area contributed by atoms with E-state index in [-0.39, 0.29) is 16.5 Å². The van der Waals surface area contributed by atoms with Crippen molar-refractivity contribution in [2.75, 3.05) is 31.6 Å². The molecule has 1 saturated heterocycles. The number of anilines is 2. The summed E-state index contributed by atoms with van der Waals surface area (Å²) in [5.41, 5.74) is 3.44. The minimum atomic E-state index is -0.694. The molecule has 1 aliphatic rings. The highest BCUT2D eigenvalue weighted by molar-refractivity contribution is 6.31. The Hall–Kier alpha value is -3.29. The van der Waals surface area contributed by atoms with Crippen molar-refractivity contribution in [3.63, 3.8) is 0 Å². The summed E-state index contributed by atoms with van der Waals surface area (Å²) in [5.74, 6) is -0.841. The van der Waals surface area contributed by atoms with Crippen molar-refractivity contribution in [2.24, 2.45) is 0 Å². The van der Waals surface area contributed by atoms with Crippen LogP contribution in [0.15, 0.2) is 67.4 Å². The average molecular weight is 455 g/mol. The average Bonchev–Trinajstić information content (AvgIpc) is 2.77. The standard InChI is InChI=1S/C24H24ClFN4O2/c1-15(2)19-14-28-22(18(17(4)26)11-16(3)25)12-23(19)29-21-5-6-27-13-20(21)24(31)30-7-9-32-10-8-30/h5-6,11-14H,1,3-4,7-10H2,2H3,(H,27,28,29)/b18-11+. The van der Waals surface area contributed by atoms with Crippen molar-refractivity contribution in [3.8, 4) is 0 Å². The second-order valence-corrected chi connectivity index (χ2v) is 7.74. The maximum Gasteiger partial charge on any atom is 0.257 e. The van der Waals surface area contributed by atoms with E-state index in [0.717, 1.165) is 5.57 Å². The largest absolute Gasteiger partial charge is 0.378 e. The number of carbonyl (C=O) groups excluding carboxylic acids is 1. The Kier molecular flexibility index (Phi) is 7.56. The van der Waals surface area contributed by atoms with E-state index in [1.54, 1.807) is 29.4 Å². The van der Waals surface area contributed by atoms with Crippen molar-refractivity contribution < 1.29 is 13.9 Å². The fourth-order valence-corrected chi connectivity index (χ4v) is 3.36. The number of aromatic nitrogens is 2. The van der Waals surface area contributed by atoms with Gasteiger partial charge in [0.15, 0.2) is 0 Å². The topological polar surface area (TPSA) is 67.4 Å². The normalized spacial score (nSPS) is 14.1. The summed E-state index contributed by atoms with van der Waals surface area (Å²) in [4.78, 5) is 23.3. The summed E-state index contributed by atoms with van der Waals surface area (Å²) < 4.78 is 19.4. The van der Waals surface area contributed by atoms with Gasteiger partial charge in [0.1, 0.15) is 5.83 Å². The second kappa shape index (κ2) is 10.3. The molecule has 0 atom stereocenters. The van der Waals surface area contributed by atoms with Crippen LogP contribution >= 0.6 is 11.6 Å². The van der Waals surface area contributed by atoms with Gasteiger partial charge in [0.25, 0.3) is 5.91 Å². The molecule has 0 spiro atoms. The molecule has 0 aromatic carbocycles. The molecule has 3 rings (SSSR count). The summed E-state index contributed by atoms with van der Waals surface area (Å²) in [6.07, 6.45) is 6.05. The molecule has 0 bridgehead atoms. The van der Waals surface area contributed by atoms with Crippen LogP contribution in [0.1, 0.15) is 28.5 Å². The van der Waals surface area contributed by atoms with Gasteiger partial charge in [0.2, 0.25) is 0 Å². The van der Waals surface area contributed by atoms with Crippen molar-refractivity contribution in [3.05, 3.63) is 84.2 Å². The van der Waals surface area contributed by atoms with E-state index < -0.39 is 5.83 Å². The molecule has 1 fully saturated rings. The fourth-order valence-electron chi connectivity index (χ4n) is 3.25. The Bertz CT molecular complexity index is 1110. The first-order valence-corrected chi connectivity index (χ1v) is 10.3. The Morgan fingerprint density at radius 1 is 1.22 bits per heavy atom. The molecule has 32 heavy (non-hydrogen) atoms. The first kappa shape index (κ1) is 23.4. The molecular formula is C24H24ClFN4O2. The van der Waals surface area contributed by atoms with Crippen LogP contribution in [-0.4, -0.2) is 47.1 Å². The molecule has 0 radical (unpaired) electrons. The van der Waals surface area contributed by atoms with E-state index >= 15 is 0 Å². The maximum atomic E-state index is 14.1. The summed E-state index contributed by atoms with van der Waals surface area (Å²) in [6, 6.07) is 3.37. The highest BCUT2D eigenvalue weighted by Gasteiger charge is 2.22. The van der Waals surface area contributed by atoms with E-state index in [2.05, 4.69) is 35.0 Å². The van der Waals surface area contributed by atoms with Gasteiger partial charge in [-0.15, -0.1) is 0 Å². The predicted molar refractivity (Wildman–Crippen MR) is 126 cm³/mol. The third-order valence-electron chi connectivity index (χ3n) is 4.85. The SMILES string of the molecule is C=C(Cl)/C=C(\C(=C)F)c1cc(Nc2ccncc2C(=O)N2CCOCC2)c(C(=C)C)cn1. The zero-order valence-corrected chi connectivity index (χ0v) is 18.6. The summed E-state index contributed by atoms with van der Waals surface area (Å²) in [6.45, 7) is 14.8. The Morgan fingerprint density at radius 3 is 2.56 bits per heavy atom. The lowest BCUT2D eigenvalue weighted by atomic mass is 10.0. The van der Waals surface area contributed by atoms with E-state index in [4.69, 9.17) is 16.3 Å². The predicted octanol–water partition coefficient (Wildman–Crippen LogP) is 5.34. The van der Waals surface area contributed by atoms with Crippen LogP contribution in [-0.2, 0) is 4.74 Å². The third-order valence-corrected chi connectivity index (χ3v) is 4.96. The number of allylic oxidation sites excluding steroid dienone is 5. The number of ether oxygens (including phenoxy) is 1. The molecular weight excluding hydrogens is 431 g/mol. The molecule has 8 heteroatoms. The monoisotopic (exact) mass is 454 g/mol. The minimum Gasteiger partial charge on any atom is -0.378 e. The van der Waals surface area contributed by atoms with Crippen molar-refractivity contribution in [2.45, 2.75) is 6.92 Å². The third kappa shape index (κ3) is 5.49. The molecule has 2 aromatic heterocycles. The zero-order valence-electron chi connectivity index (χ0n) is 17.8. The number of carbonyl (C=O) groups is 1. The molecule has 0 aliphatic carbocycles. The molecule has 1 aliphatic heterocycles. The molecule has 1 amide bonds. The van der Waals surface area contributed by atoms with E-state index in [1.165, 1.54) is 12.3 Å². The van der Waals surface area contributed by atoms with Gasteiger partial charge in [-0.2, -0.15) is 0 Å². The summed E-state index contributed by atoms with van der Waals surface area (Å²) >= 11 is 5.85. The van der Waals surface area contributed by atoms with Crippen LogP contribution in [0.25, 0.3) is 11.1 Å². The van der Waals surface area contributed by atoms with Gasteiger partial charge in [-0.3, -0.25) is 14.8 Å². The first-order valence-electron chi connectivity index (χ1n) is 9.93. The van der Waals surface area contributed by atoms with Crippen LogP contribution in [0.5, 0.6) is 0 Å². The van der Waals surface area contributed by atoms with Gasteiger partial charge in [0.05, 0.1) is 30.2 Å². The Labute approximate surface area is 191 Å². The smallest absolute Gasteiger partial charge is 0.257 e. The van der Waals surface area contributed by atoms with E-state index in [1.807, 2.05) is 6.92 Å². The molecule has 0 saturated carbocycles. The van der Waals surface area contributed by atoms with Crippen molar-refractivity contribution in [1.82, 2.24) is 14.9 Å². The van der Waals surface area contributed by atoms with Gasteiger partial charge in [-0.25, -0.2) is 4.39 Å². The van der Waals surface area contributed by atoms with Crippen LogP contribution < -0.4 is 5.32 Å². The highest BCUT2D eigenvalue weighted by atomic mass is 35.5. The van der Waals surface area contributed by atoms with Gasteiger partial charge in [-0.05, 0) is 30.7 Å². The highest BCUT2D eigenvalue weighted by Crippen LogP contribution is 2.32. The number of nitrogens with zero attached hydrogens (tertiary/aromatic N) is 3. The number of nitrogens with one attached hydrogen (secondary N) is 1.